The first-order chi connectivity index (χ1) is 7.72. The normalized spacial score (nSPS) is 21.8. The Labute approximate surface area is 95.9 Å². The summed E-state index contributed by atoms with van der Waals surface area (Å²) in [6.45, 7) is 4.67. The minimum Gasteiger partial charge on any atom is -0.330 e. The average molecular weight is 230 g/mol. The highest BCUT2D eigenvalue weighted by Gasteiger charge is 2.26. The molecule has 1 aromatic rings. The number of pyridine rings is 1. The van der Waals surface area contributed by atoms with Crippen molar-refractivity contribution >= 4 is 0 Å². The van der Waals surface area contributed by atoms with Crippen LogP contribution in [0.5, 0.6) is 0 Å². The second-order valence-corrected chi connectivity index (χ2v) is 3.34. The van der Waals surface area contributed by atoms with E-state index in [2.05, 4.69) is 4.98 Å². The van der Waals surface area contributed by atoms with Crippen molar-refractivity contribution in [2.24, 2.45) is 11.7 Å². The third kappa shape index (κ3) is 6.45. The Bertz CT molecular complexity index is 248. The molecule has 0 bridgehead atoms. The molecule has 0 amide bonds. The zero-order valence-corrected chi connectivity index (χ0v) is 9.87. The Kier molecular flexibility index (Phi) is 8.62. The molecule has 2 N–H and O–H groups in total. The van der Waals surface area contributed by atoms with Gasteiger partial charge in [-0.3, -0.25) is 4.98 Å². The lowest BCUT2D eigenvalue weighted by Crippen LogP contribution is -2.30. The summed E-state index contributed by atoms with van der Waals surface area (Å²) in [5, 5.41) is 0. The largest absolute Gasteiger partial charge is 0.330 e. The molecule has 0 spiro atoms. The van der Waals surface area contributed by atoms with Crippen LogP contribution in [0.3, 0.4) is 0 Å². The van der Waals surface area contributed by atoms with Crippen LogP contribution in [0.4, 0.5) is 8.78 Å². The molecular formula is C12H20F2N2. The Morgan fingerprint density at radius 1 is 1.44 bits per heavy atom. The van der Waals surface area contributed by atoms with Gasteiger partial charge in [0.2, 0.25) is 0 Å². The SMILES string of the molecule is CC.Fc1cccnc1.NCC1CC(F)C1. The molecule has 1 aromatic heterocycles. The highest BCUT2D eigenvalue weighted by atomic mass is 19.1. The van der Waals surface area contributed by atoms with E-state index in [0.29, 0.717) is 25.3 Å². The molecule has 1 heterocycles. The van der Waals surface area contributed by atoms with Gasteiger partial charge in [-0.1, -0.05) is 13.8 Å². The maximum Gasteiger partial charge on any atom is 0.141 e. The second kappa shape index (κ2) is 9.21. The summed E-state index contributed by atoms with van der Waals surface area (Å²) < 4.78 is 23.7. The molecule has 1 aliphatic rings. The van der Waals surface area contributed by atoms with Crippen LogP contribution in [0.15, 0.2) is 24.5 Å². The fourth-order valence-corrected chi connectivity index (χ4v) is 1.19. The first-order valence-corrected chi connectivity index (χ1v) is 5.62. The summed E-state index contributed by atoms with van der Waals surface area (Å²) in [6, 6.07) is 2.91. The van der Waals surface area contributed by atoms with Crippen LogP contribution in [0.1, 0.15) is 26.7 Å². The Hall–Kier alpha value is -1.03. The van der Waals surface area contributed by atoms with E-state index in [4.69, 9.17) is 5.73 Å². The van der Waals surface area contributed by atoms with Crippen molar-refractivity contribution in [2.75, 3.05) is 6.54 Å². The van der Waals surface area contributed by atoms with E-state index in [1.165, 1.54) is 18.5 Å². The highest BCUT2D eigenvalue weighted by molar-refractivity contribution is 4.92. The van der Waals surface area contributed by atoms with Crippen LogP contribution in [0.25, 0.3) is 0 Å². The summed E-state index contributed by atoms with van der Waals surface area (Å²) in [6.07, 6.45) is 3.57. The molecular weight excluding hydrogens is 210 g/mol. The molecule has 2 rings (SSSR count). The van der Waals surface area contributed by atoms with Crippen LogP contribution < -0.4 is 5.73 Å². The number of aromatic nitrogens is 1. The lowest BCUT2D eigenvalue weighted by Gasteiger charge is -2.27. The van der Waals surface area contributed by atoms with Crippen LogP contribution in [0.2, 0.25) is 0 Å². The number of alkyl halides is 1. The molecule has 1 aliphatic carbocycles. The fourth-order valence-electron chi connectivity index (χ4n) is 1.19. The van der Waals surface area contributed by atoms with Crippen molar-refractivity contribution in [3.05, 3.63) is 30.3 Å². The van der Waals surface area contributed by atoms with Crippen LogP contribution in [-0.4, -0.2) is 17.7 Å². The second-order valence-electron chi connectivity index (χ2n) is 3.34. The molecule has 0 saturated heterocycles. The van der Waals surface area contributed by atoms with E-state index in [0.717, 1.165) is 0 Å². The van der Waals surface area contributed by atoms with Gasteiger partial charge in [0, 0.05) is 6.20 Å². The Morgan fingerprint density at radius 3 is 2.25 bits per heavy atom. The van der Waals surface area contributed by atoms with E-state index in [9.17, 15) is 8.78 Å². The van der Waals surface area contributed by atoms with Gasteiger partial charge in [-0.2, -0.15) is 0 Å². The zero-order chi connectivity index (χ0) is 12.4. The van der Waals surface area contributed by atoms with Gasteiger partial charge in [-0.05, 0) is 37.4 Å². The number of nitrogens with two attached hydrogens (primary N) is 1. The van der Waals surface area contributed by atoms with Crippen molar-refractivity contribution in [2.45, 2.75) is 32.9 Å². The predicted molar refractivity (Wildman–Crippen MR) is 62.2 cm³/mol. The Balaban J connectivity index is 0.000000244. The maximum atomic E-state index is 11.9. The lowest BCUT2D eigenvalue weighted by molar-refractivity contribution is 0.137. The van der Waals surface area contributed by atoms with E-state index in [-0.39, 0.29) is 5.82 Å². The topological polar surface area (TPSA) is 38.9 Å². The molecule has 1 saturated carbocycles. The number of nitrogens with zero attached hydrogens (tertiary/aromatic N) is 1. The number of rotatable bonds is 1. The molecule has 4 heteroatoms. The highest BCUT2D eigenvalue weighted by Crippen LogP contribution is 2.28. The summed E-state index contributed by atoms with van der Waals surface area (Å²) in [5.74, 6) is 0.206. The zero-order valence-electron chi connectivity index (χ0n) is 9.87. The quantitative estimate of drug-likeness (QED) is 0.805. The summed E-state index contributed by atoms with van der Waals surface area (Å²) in [5.41, 5.74) is 5.23. The third-order valence-electron chi connectivity index (χ3n) is 2.14. The molecule has 0 radical (unpaired) electrons. The lowest BCUT2D eigenvalue weighted by atomic mass is 9.84. The summed E-state index contributed by atoms with van der Waals surface area (Å²) >= 11 is 0. The molecule has 16 heavy (non-hydrogen) atoms. The molecule has 0 atom stereocenters. The number of hydrogen-bond donors (Lipinski definition) is 1. The van der Waals surface area contributed by atoms with Crippen molar-refractivity contribution in [1.29, 1.82) is 0 Å². The summed E-state index contributed by atoms with van der Waals surface area (Å²) in [4.78, 5) is 3.51. The van der Waals surface area contributed by atoms with E-state index >= 15 is 0 Å². The molecule has 0 aromatic carbocycles. The van der Waals surface area contributed by atoms with Crippen LogP contribution >= 0.6 is 0 Å². The number of halogens is 2. The monoisotopic (exact) mass is 230 g/mol. The molecule has 2 nitrogen and oxygen atoms in total. The van der Waals surface area contributed by atoms with Crippen molar-refractivity contribution in [3.8, 4) is 0 Å². The van der Waals surface area contributed by atoms with Gasteiger partial charge >= 0.3 is 0 Å². The standard InChI is InChI=1S/C5H10FN.C5H4FN.C2H6/c6-5-1-4(2-5)3-7;6-5-2-1-3-7-4-5;1-2/h4-5H,1-3,7H2;1-4H;1-2H3. The van der Waals surface area contributed by atoms with Gasteiger partial charge in [0.25, 0.3) is 0 Å². The molecule has 0 unspecified atom stereocenters. The first-order valence-electron chi connectivity index (χ1n) is 5.62. The van der Waals surface area contributed by atoms with Gasteiger partial charge in [0.15, 0.2) is 0 Å². The van der Waals surface area contributed by atoms with E-state index in [1.807, 2.05) is 13.8 Å². The Morgan fingerprint density at radius 2 is 2.06 bits per heavy atom. The van der Waals surface area contributed by atoms with Gasteiger partial charge in [-0.25, -0.2) is 8.78 Å². The minimum absolute atomic E-state index is 0.289. The maximum absolute atomic E-state index is 11.9. The fraction of sp³-hybridized carbons (Fsp3) is 0.583. The molecule has 92 valence electrons. The van der Waals surface area contributed by atoms with Crippen molar-refractivity contribution in [3.63, 3.8) is 0 Å². The van der Waals surface area contributed by atoms with E-state index < -0.39 is 6.17 Å². The minimum atomic E-state index is -0.534. The number of hydrogen-bond acceptors (Lipinski definition) is 2. The molecule has 0 aliphatic heterocycles. The van der Waals surface area contributed by atoms with Gasteiger partial charge in [-0.15, -0.1) is 0 Å². The van der Waals surface area contributed by atoms with Crippen molar-refractivity contribution < 1.29 is 8.78 Å². The molecule has 1 fully saturated rings. The van der Waals surface area contributed by atoms with E-state index in [1.54, 1.807) is 6.07 Å². The first kappa shape index (κ1) is 15.0. The smallest absolute Gasteiger partial charge is 0.141 e. The summed E-state index contributed by atoms with van der Waals surface area (Å²) in [7, 11) is 0. The van der Waals surface area contributed by atoms with Gasteiger partial charge in [0.05, 0.1) is 6.20 Å². The van der Waals surface area contributed by atoms with Gasteiger partial charge in [0.1, 0.15) is 12.0 Å². The van der Waals surface area contributed by atoms with Crippen molar-refractivity contribution in [1.82, 2.24) is 4.98 Å². The van der Waals surface area contributed by atoms with Crippen LogP contribution in [-0.2, 0) is 0 Å². The average Bonchev–Trinajstić information content (AvgIpc) is 2.29. The van der Waals surface area contributed by atoms with Gasteiger partial charge < -0.3 is 5.73 Å². The third-order valence-corrected chi connectivity index (χ3v) is 2.14. The van der Waals surface area contributed by atoms with Crippen LogP contribution in [0, 0.1) is 11.7 Å². The predicted octanol–water partition coefficient (Wildman–Crippen LogP) is 2.94.